The van der Waals surface area contributed by atoms with Crippen LogP contribution in [-0.4, -0.2) is 29.0 Å². The molecule has 1 heterocycles. The Bertz CT molecular complexity index is 665. The van der Waals surface area contributed by atoms with Crippen LogP contribution in [0, 0.1) is 18.8 Å². The second-order valence-corrected chi connectivity index (χ2v) is 4.68. The van der Waals surface area contributed by atoms with Gasteiger partial charge >= 0.3 is 0 Å². The number of imidazole rings is 1. The highest BCUT2D eigenvalue weighted by Crippen LogP contribution is 2.09. The summed E-state index contributed by atoms with van der Waals surface area (Å²) < 4.78 is 0. The van der Waals surface area contributed by atoms with Crippen LogP contribution in [0.4, 0.5) is 0 Å². The molecule has 108 valence electrons. The van der Waals surface area contributed by atoms with Gasteiger partial charge in [0.15, 0.2) is 0 Å². The van der Waals surface area contributed by atoms with Gasteiger partial charge in [0.05, 0.1) is 12.9 Å². The maximum absolute atomic E-state index is 12.1. The fraction of sp³-hybridized carbons (Fsp3) is 0.250. The number of nitrogens with zero attached hydrogens (tertiary/aromatic N) is 1. The Morgan fingerprint density at radius 2 is 2.29 bits per heavy atom. The first-order valence-corrected chi connectivity index (χ1v) is 6.75. The third kappa shape index (κ3) is 4.48. The third-order valence-electron chi connectivity index (χ3n) is 2.91. The van der Waals surface area contributed by atoms with Crippen LogP contribution in [0.15, 0.2) is 30.7 Å². The van der Waals surface area contributed by atoms with Crippen LogP contribution < -0.4 is 11.1 Å². The number of aromatic nitrogens is 2. The molecule has 0 saturated carbocycles. The van der Waals surface area contributed by atoms with Crippen LogP contribution in [0.25, 0.3) is 0 Å². The Morgan fingerprint density at radius 3 is 3.00 bits per heavy atom. The minimum absolute atomic E-state index is 0.103. The lowest BCUT2D eigenvalue weighted by Gasteiger charge is -2.06. The molecule has 1 amide bonds. The highest BCUT2D eigenvalue weighted by Gasteiger charge is 2.07. The number of nitrogens with two attached hydrogens (primary N) is 1. The molecule has 0 radical (unpaired) electrons. The van der Waals surface area contributed by atoms with Gasteiger partial charge in [-0.2, -0.15) is 0 Å². The van der Waals surface area contributed by atoms with Gasteiger partial charge in [-0.05, 0) is 30.7 Å². The van der Waals surface area contributed by atoms with Crippen molar-refractivity contribution in [3.8, 4) is 11.8 Å². The lowest BCUT2D eigenvalue weighted by Crippen LogP contribution is -2.25. The maximum atomic E-state index is 12.1. The molecule has 0 atom stereocenters. The lowest BCUT2D eigenvalue weighted by atomic mass is 10.1. The molecule has 0 aliphatic carbocycles. The molecule has 1 aromatic heterocycles. The number of aromatic amines is 1. The van der Waals surface area contributed by atoms with Crippen LogP contribution in [0.1, 0.15) is 27.2 Å². The summed E-state index contributed by atoms with van der Waals surface area (Å²) in [7, 11) is 0. The molecule has 0 fully saturated rings. The maximum Gasteiger partial charge on any atom is 0.251 e. The molecule has 5 heteroatoms. The largest absolute Gasteiger partial charge is 0.352 e. The molecular weight excluding hydrogens is 264 g/mol. The van der Waals surface area contributed by atoms with Crippen molar-refractivity contribution in [1.29, 1.82) is 0 Å². The first-order chi connectivity index (χ1) is 10.2. The summed E-state index contributed by atoms with van der Waals surface area (Å²) >= 11 is 0. The first kappa shape index (κ1) is 14.8. The van der Waals surface area contributed by atoms with Crippen molar-refractivity contribution in [2.24, 2.45) is 5.73 Å². The molecule has 4 N–H and O–H groups in total. The van der Waals surface area contributed by atoms with Gasteiger partial charge < -0.3 is 16.0 Å². The first-order valence-electron chi connectivity index (χ1n) is 6.75. The number of hydrogen-bond acceptors (Lipinski definition) is 3. The summed E-state index contributed by atoms with van der Waals surface area (Å²) in [4.78, 5) is 19.1. The molecule has 21 heavy (non-hydrogen) atoms. The Balaban J connectivity index is 1.99. The van der Waals surface area contributed by atoms with E-state index in [1.807, 2.05) is 19.1 Å². The summed E-state index contributed by atoms with van der Waals surface area (Å²) in [6.45, 7) is 2.80. The highest BCUT2D eigenvalue weighted by molar-refractivity contribution is 5.94. The van der Waals surface area contributed by atoms with E-state index in [0.717, 1.165) is 23.2 Å². The van der Waals surface area contributed by atoms with Gasteiger partial charge in [0.25, 0.3) is 5.91 Å². The number of carbonyl (C=O) groups is 1. The van der Waals surface area contributed by atoms with Crippen molar-refractivity contribution in [2.45, 2.75) is 13.3 Å². The smallest absolute Gasteiger partial charge is 0.251 e. The lowest BCUT2D eigenvalue weighted by molar-refractivity contribution is 0.0954. The number of aryl methyl sites for hydroxylation is 1. The van der Waals surface area contributed by atoms with E-state index in [1.165, 1.54) is 0 Å². The molecule has 0 aliphatic heterocycles. The number of H-pyrrole nitrogens is 1. The van der Waals surface area contributed by atoms with Gasteiger partial charge in [-0.15, -0.1) is 0 Å². The molecule has 0 saturated heterocycles. The molecule has 5 nitrogen and oxygen atoms in total. The number of amides is 1. The molecule has 2 rings (SSSR count). The van der Waals surface area contributed by atoms with E-state index in [2.05, 4.69) is 27.1 Å². The monoisotopic (exact) mass is 282 g/mol. The number of nitrogens with one attached hydrogen (secondary N) is 2. The normalized spacial score (nSPS) is 9.81. The summed E-state index contributed by atoms with van der Waals surface area (Å²) in [5.74, 6) is 5.64. The van der Waals surface area contributed by atoms with Crippen molar-refractivity contribution in [1.82, 2.24) is 15.3 Å². The molecule has 0 aliphatic rings. The average Bonchev–Trinajstić information content (AvgIpc) is 2.97. The molecule has 0 bridgehead atoms. The highest BCUT2D eigenvalue weighted by atomic mass is 16.1. The fourth-order valence-electron chi connectivity index (χ4n) is 1.97. The van der Waals surface area contributed by atoms with Crippen molar-refractivity contribution in [3.63, 3.8) is 0 Å². The van der Waals surface area contributed by atoms with E-state index in [9.17, 15) is 4.79 Å². The van der Waals surface area contributed by atoms with Gasteiger partial charge in [0.1, 0.15) is 0 Å². The Hall–Kier alpha value is -2.58. The standard InChI is InChI=1S/C16H18N4O/c1-12-7-13(3-2-5-17)9-14(8-12)16(21)19-6-4-15-10-18-11-20-15/h7-11H,4-6,17H2,1H3,(H,18,20)(H,19,21). The second-order valence-electron chi connectivity index (χ2n) is 4.68. The van der Waals surface area contributed by atoms with Crippen molar-refractivity contribution in [3.05, 3.63) is 53.1 Å². The predicted octanol–water partition coefficient (Wildman–Crippen LogP) is 1.00. The van der Waals surface area contributed by atoms with E-state index in [4.69, 9.17) is 5.73 Å². The molecule has 1 aromatic carbocycles. The van der Waals surface area contributed by atoms with Crippen LogP contribution in [-0.2, 0) is 6.42 Å². The van der Waals surface area contributed by atoms with E-state index >= 15 is 0 Å². The summed E-state index contributed by atoms with van der Waals surface area (Å²) in [6, 6.07) is 5.56. The van der Waals surface area contributed by atoms with E-state index in [-0.39, 0.29) is 5.91 Å². The van der Waals surface area contributed by atoms with Crippen molar-refractivity contribution >= 4 is 5.91 Å². The quantitative estimate of drug-likeness (QED) is 0.732. The van der Waals surface area contributed by atoms with Gasteiger partial charge in [-0.25, -0.2) is 4.98 Å². The number of hydrogen-bond donors (Lipinski definition) is 3. The van der Waals surface area contributed by atoms with Crippen LogP contribution in [0.3, 0.4) is 0 Å². The zero-order chi connectivity index (χ0) is 15.1. The summed E-state index contributed by atoms with van der Waals surface area (Å²) in [5.41, 5.74) is 8.77. The Morgan fingerprint density at radius 1 is 1.43 bits per heavy atom. The predicted molar refractivity (Wildman–Crippen MR) is 81.7 cm³/mol. The van der Waals surface area contributed by atoms with Crippen LogP contribution in [0.2, 0.25) is 0 Å². The zero-order valence-corrected chi connectivity index (χ0v) is 11.9. The van der Waals surface area contributed by atoms with E-state index in [1.54, 1.807) is 18.6 Å². The SMILES string of the molecule is Cc1cc(C#CCN)cc(C(=O)NCCc2cnc[nH]2)c1. The summed E-state index contributed by atoms with van der Waals surface area (Å²) in [5, 5.41) is 2.89. The average molecular weight is 282 g/mol. The van der Waals surface area contributed by atoms with Crippen LogP contribution >= 0.6 is 0 Å². The molecule has 0 unspecified atom stereocenters. The molecule has 2 aromatic rings. The van der Waals surface area contributed by atoms with Gasteiger partial charge in [0, 0.05) is 36.0 Å². The molecular formula is C16H18N4O. The fourth-order valence-corrected chi connectivity index (χ4v) is 1.97. The van der Waals surface area contributed by atoms with E-state index < -0.39 is 0 Å². The minimum atomic E-state index is -0.103. The number of carbonyl (C=O) groups excluding carboxylic acids is 1. The molecule has 0 spiro atoms. The van der Waals surface area contributed by atoms with Gasteiger partial charge in [0.2, 0.25) is 0 Å². The van der Waals surface area contributed by atoms with Gasteiger partial charge in [-0.1, -0.05) is 11.8 Å². The van der Waals surface area contributed by atoms with Crippen molar-refractivity contribution < 1.29 is 4.79 Å². The second kappa shape index (κ2) is 7.27. The minimum Gasteiger partial charge on any atom is -0.352 e. The number of rotatable bonds is 4. The van der Waals surface area contributed by atoms with Gasteiger partial charge in [-0.3, -0.25) is 4.79 Å². The topological polar surface area (TPSA) is 83.8 Å². The van der Waals surface area contributed by atoms with Crippen molar-refractivity contribution in [2.75, 3.05) is 13.1 Å². The number of benzene rings is 1. The van der Waals surface area contributed by atoms with E-state index in [0.29, 0.717) is 18.7 Å². The zero-order valence-electron chi connectivity index (χ0n) is 11.9. The Labute approximate surface area is 124 Å². The summed E-state index contributed by atoms with van der Waals surface area (Å²) in [6.07, 6.45) is 4.09. The van der Waals surface area contributed by atoms with Crippen LogP contribution in [0.5, 0.6) is 0 Å². The Kier molecular flexibility index (Phi) is 5.13. The third-order valence-corrected chi connectivity index (χ3v) is 2.91.